The molecule has 0 aromatic heterocycles. The number of benzene rings is 1. The molecule has 0 aliphatic carbocycles. The highest BCUT2D eigenvalue weighted by molar-refractivity contribution is 7.79. The van der Waals surface area contributed by atoms with Crippen LogP contribution in [0.3, 0.4) is 0 Å². The van der Waals surface area contributed by atoms with Gasteiger partial charge in [-0.05, 0) is 19.1 Å². The van der Waals surface area contributed by atoms with Gasteiger partial charge in [0.05, 0.1) is 6.26 Å². The lowest BCUT2D eigenvalue weighted by Gasteiger charge is -1.96. The highest BCUT2D eigenvalue weighted by Crippen LogP contribution is 2.07. The van der Waals surface area contributed by atoms with Gasteiger partial charge in [0.2, 0.25) is 0 Å². The largest absolute Gasteiger partial charge is 0.465 e. The summed E-state index contributed by atoms with van der Waals surface area (Å²) in [7, 11) is -4.67. The first-order valence-electron chi connectivity index (χ1n) is 3.96. The summed E-state index contributed by atoms with van der Waals surface area (Å²) < 4.78 is 36.8. The highest BCUT2D eigenvalue weighted by atomic mass is 32.3. The van der Waals surface area contributed by atoms with Gasteiger partial charge in [0.1, 0.15) is 5.75 Å². The van der Waals surface area contributed by atoms with E-state index in [1.54, 1.807) is 6.26 Å². The average molecular weight is 266 g/mol. The molecule has 0 bridgehead atoms. The molecule has 1 aromatic rings. The highest BCUT2D eigenvalue weighted by Gasteiger charge is 1.84. The van der Waals surface area contributed by atoms with Crippen LogP contribution in [-0.4, -0.2) is 17.5 Å². The van der Waals surface area contributed by atoms with Crippen LogP contribution in [0.2, 0.25) is 0 Å². The Kier molecular flexibility index (Phi) is 13.6. The molecule has 0 atom stereocenters. The monoisotopic (exact) mass is 266 g/mol. The summed E-state index contributed by atoms with van der Waals surface area (Å²) in [6, 6.07) is 9.68. The molecule has 1 aromatic carbocycles. The first-order chi connectivity index (χ1) is 6.93. The Balaban J connectivity index is -0.000000247. The Hall–Kier alpha value is -1.45. The van der Waals surface area contributed by atoms with Crippen molar-refractivity contribution in [3.63, 3.8) is 0 Å². The molecular weight excluding hydrogens is 248 g/mol. The van der Waals surface area contributed by atoms with Crippen molar-refractivity contribution < 1.29 is 22.3 Å². The summed E-state index contributed by atoms with van der Waals surface area (Å²) in [4.78, 5) is 0. The van der Waals surface area contributed by atoms with Gasteiger partial charge in [-0.1, -0.05) is 24.3 Å². The fourth-order valence-electron chi connectivity index (χ4n) is 0.646. The molecule has 8 heteroatoms. The topological polar surface area (TPSA) is 154 Å². The molecule has 8 N–H and O–H groups in total. The first kappa shape index (κ1) is 20.9. The molecule has 0 unspecified atom stereocenters. The van der Waals surface area contributed by atoms with Gasteiger partial charge < -0.3 is 17.0 Å². The minimum atomic E-state index is -4.67. The Morgan fingerprint density at radius 1 is 1.12 bits per heavy atom. The van der Waals surface area contributed by atoms with Gasteiger partial charge in [-0.25, -0.2) is 0 Å². The Morgan fingerprint density at radius 3 is 1.88 bits per heavy atom. The standard InChI is InChI=1S/C9H10O.2H3N.H2O4S/c1-2-8-10-9-6-4-3-5-7-9;;;1-5(2,3)4/h2-8H,1H3;2*1H3;(H2,1,2,3,4). The van der Waals surface area contributed by atoms with Crippen molar-refractivity contribution in [3.8, 4) is 5.75 Å². The summed E-state index contributed by atoms with van der Waals surface area (Å²) in [5.74, 6) is 0.876. The van der Waals surface area contributed by atoms with Crippen molar-refractivity contribution in [2.75, 3.05) is 0 Å². The van der Waals surface area contributed by atoms with Gasteiger partial charge in [0.25, 0.3) is 0 Å². The van der Waals surface area contributed by atoms with E-state index in [1.807, 2.05) is 43.3 Å². The van der Waals surface area contributed by atoms with E-state index in [-0.39, 0.29) is 12.3 Å². The van der Waals surface area contributed by atoms with Crippen LogP contribution in [0, 0.1) is 0 Å². The third kappa shape index (κ3) is 20.6. The van der Waals surface area contributed by atoms with Crippen LogP contribution in [0.15, 0.2) is 42.7 Å². The van der Waals surface area contributed by atoms with Gasteiger partial charge >= 0.3 is 10.4 Å². The zero-order valence-corrected chi connectivity index (χ0v) is 10.3. The van der Waals surface area contributed by atoms with Crippen molar-refractivity contribution in [2.24, 2.45) is 0 Å². The SMILES string of the molecule is CC=COc1ccccc1.N.N.O=S(=O)(O)O. The molecule has 0 aliphatic rings. The molecular formula is C9H18N2O5S. The van der Waals surface area contributed by atoms with Gasteiger partial charge in [-0.2, -0.15) is 8.42 Å². The van der Waals surface area contributed by atoms with E-state index < -0.39 is 10.4 Å². The number of ether oxygens (including phenoxy) is 1. The van der Waals surface area contributed by atoms with Crippen LogP contribution >= 0.6 is 0 Å². The normalized spacial score (nSPS) is 9.35. The van der Waals surface area contributed by atoms with E-state index in [1.165, 1.54) is 0 Å². The van der Waals surface area contributed by atoms with Crippen LogP contribution < -0.4 is 17.0 Å². The lowest BCUT2D eigenvalue weighted by atomic mass is 10.3. The maximum atomic E-state index is 8.74. The molecule has 0 saturated heterocycles. The number of rotatable bonds is 2. The molecule has 7 nitrogen and oxygen atoms in total. The Morgan fingerprint density at radius 2 is 1.53 bits per heavy atom. The lowest BCUT2D eigenvalue weighted by molar-refractivity contribution is 0.381. The van der Waals surface area contributed by atoms with Gasteiger partial charge in [0, 0.05) is 0 Å². The van der Waals surface area contributed by atoms with E-state index in [0.717, 1.165) is 5.75 Å². The molecule has 100 valence electrons. The third-order valence-electron chi connectivity index (χ3n) is 1.08. The number of allylic oxidation sites excluding steroid dienone is 1. The molecule has 0 spiro atoms. The molecule has 17 heavy (non-hydrogen) atoms. The fraction of sp³-hybridized carbons (Fsp3) is 0.111. The second-order valence-electron chi connectivity index (χ2n) is 2.35. The van der Waals surface area contributed by atoms with Crippen molar-refractivity contribution in [1.82, 2.24) is 12.3 Å². The van der Waals surface area contributed by atoms with Crippen LogP contribution in [0.25, 0.3) is 0 Å². The first-order valence-corrected chi connectivity index (χ1v) is 5.36. The Labute approximate surface area is 101 Å². The predicted molar refractivity (Wildman–Crippen MR) is 66.1 cm³/mol. The average Bonchev–Trinajstić information content (AvgIpc) is 2.14. The smallest absolute Gasteiger partial charge is 0.394 e. The minimum Gasteiger partial charge on any atom is -0.465 e. The number of hydrogen-bond acceptors (Lipinski definition) is 5. The van der Waals surface area contributed by atoms with E-state index in [4.69, 9.17) is 22.3 Å². The van der Waals surface area contributed by atoms with Crippen LogP contribution in [0.5, 0.6) is 5.75 Å². The molecule has 1 rings (SSSR count). The second-order valence-corrected chi connectivity index (χ2v) is 3.24. The quantitative estimate of drug-likeness (QED) is 0.472. The van der Waals surface area contributed by atoms with Crippen molar-refractivity contribution >= 4 is 10.4 Å². The summed E-state index contributed by atoms with van der Waals surface area (Å²) >= 11 is 0. The second kappa shape index (κ2) is 11.0. The third-order valence-corrected chi connectivity index (χ3v) is 1.08. The zero-order valence-electron chi connectivity index (χ0n) is 9.48. The van der Waals surface area contributed by atoms with Crippen molar-refractivity contribution in [2.45, 2.75) is 6.92 Å². The van der Waals surface area contributed by atoms with E-state index >= 15 is 0 Å². The molecule has 0 amide bonds. The maximum absolute atomic E-state index is 8.74. The molecule has 0 heterocycles. The van der Waals surface area contributed by atoms with Gasteiger partial charge in [-0.3, -0.25) is 9.11 Å². The van der Waals surface area contributed by atoms with E-state index in [2.05, 4.69) is 0 Å². The molecule has 0 aliphatic heterocycles. The fourth-order valence-corrected chi connectivity index (χ4v) is 0.646. The van der Waals surface area contributed by atoms with Crippen LogP contribution in [0.1, 0.15) is 6.92 Å². The number of hydrogen-bond donors (Lipinski definition) is 4. The summed E-state index contributed by atoms with van der Waals surface area (Å²) in [5.41, 5.74) is 0. The van der Waals surface area contributed by atoms with Gasteiger partial charge in [-0.15, -0.1) is 0 Å². The van der Waals surface area contributed by atoms with Gasteiger partial charge in [0.15, 0.2) is 0 Å². The number of para-hydroxylation sites is 1. The van der Waals surface area contributed by atoms with Crippen LogP contribution in [0.4, 0.5) is 0 Å². The van der Waals surface area contributed by atoms with E-state index in [9.17, 15) is 0 Å². The Bertz CT molecular complexity index is 383. The van der Waals surface area contributed by atoms with E-state index in [0.29, 0.717) is 0 Å². The van der Waals surface area contributed by atoms with Crippen LogP contribution in [-0.2, 0) is 10.4 Å². The zero-order chi connectivity index (χ0) is 11.7. The molecule has 0 radical (unpaired) electrons. The lowest BCUT2D eigenvalue weighted by Crippen LogP contribution is -1.89. The molecule has 0 fully saturated rings. The predicted octanol–water partition coefficient (Wildman–Crippen LogP) is 2.27. The maximum Gasteiger partial charge on any atom is 0.394 e. The minimum absolute atomic E-state index is 0. The van der Waals surface area contributed by atoms with Crippen molar-refractivity contribution in [3.05, 3.63) is 42.7 Å². The summed E-state index contributed by atoms with van der Waals surface area (Å²) in [5, 5.41) is 0. The van der Waals surface area contributed by atoms with Crippen molar-refractivity contribution in [1.29, 1.82) is 0 Å². The summed E-state index contributed by atoms with van der Waals surface area (Å²) in [6.45, 7) is 1.92. The molecule has 0 saturated carbocycles. The summed E-state index contributed by atoms with van der Waals surface area (Å²) in [6.07, 6.45) is 3.52.